The molecule has 0 saturated carbocycles. The number of fused-ring (bicyclic) bond motifs is 1. The van der Waals surface area contributed by atoms with Gasteiger partial charge < -0.3 is 15.0 Å². The summed E-state index contributed by atoms with van der Waals surface area (Å²) in [5.74, 6) is -0.956. The molecule has 4 amide bonds. The second-order valence-electron chi connectivity index (χ2n) is 5.41. The minimum atomic E-state index is -1.11. The van der Waals surface area contributed by atoms with E-state index >= 15 is 0 Å². The summed E-state index contributed by atoms with van der Waals surface area (Å²) in [6.07, 6.45) is 0.00633. The Hall–Kier alpha value is -1.77. The molecule has 0 aromatic carbocycles. The summed E-state index contributed by atoms with van der Waals surface area (Å²) >= 11 is 1.54. The molecule has 2 heterocycles. The number of ether oxygens (including phenoxy) is 1. The summed E-state index contributed by atoms with van der Waals surface area (Å²) in [4.78, 5) is 48.1. The van der Waals surface area contributed by atoms with Crippen LogP contribution in [0.2, 0.25) is 0 Å². The molecule has 0 aromatic rings. The second-order valence-corrected chi connectivity index (χ2v) is 6.91. The van der Waals surface area contributed by atoms with Crippen LogP contribution in [0.25, 0.3) is 0 Å². The number of carbonyl (C=O) groups excluding carboxylic acids is 4. The van der Waals surface area contributed by atoms with E-state index in [9.17, 15) is 19.2 Å². The Kier molecular flexibility index (Phi) is 4.64. The van der Waals surface area contributed by atoms with Gasteiger partial charge in [-0.15, -0.1) is 11.8 Å². The fourth-order valence-corrected chi connectivity index (χ4v) is 3.99. The van der Waals surface area contributed by atoms with Gasteiger partial charge in [-0.25, -0.2) is 9.59 Å². The highest BCUT2D eigenvalue weighted by atomic mass is 32.2. The Morgan fingerprint density at radius 3 is 2.77 bits per heavy atom. The van der Waals surface area contributed by atoms with Crippen LogP contribution in [0.3, 0.4) is 0 Å². The van der Waals surface area contributed by atoms with E-state index in [0.29, 0.717) is 18.6 Å². The number of imide groups is 1. The standard InChI is InChI=1S/C13H19N3O5S/c1-7(10(18)15-12(20)14-3)21-11(19)8-6-22-13(2)5-4-9(17)16(8)13/h7-8H,4-6H2,1-3H3,(H2,14,15,18,20)/t7-,8+,13-/m0/s1. The first-order valence-corrected chi connectivity index (χ1v) is 7.96. The fraction of sp³-hybridized carbons (Fsp3) is 0.692. The minimum absolute atomic E-state index is 0.0723. The molecule has 2 aliphatic heterocycles. The number of hydrogen-bond donors (Lipinski definition) is 2. The van der Waals surface area contributed by atoms with Gasteiger partial charge in [0.2, 0.25) is 5.91 Å². The molecule has 22 heavy (non-hydrogen) atoms. The van der Waals surface area contributed by atoms with E-state index < -0.39 is 30.1 Å². The van der Waals surface area contributed by atoms with Crippen LogP contribution in [0.1, 0.15) is 26.7 Å². The molecule has 3 atom stereocenters. The van der Waals surface area contributed by atoms with Gasteiger partial charge in [0.1, 0.15) is 6.04 Å². The molecule has 2 saturated heterocycles. The predicted octanol–water partition coefficient (Wildman–Crippen LogP) is -0.172. The molecule has 2 N–H and O–H groups in total. The zero-order valence-corrected chi connectivity index (χ0v) is 13.5. The molecule has 0 aliphatic carbocycles. The first kappa shape index (κ1) is 16.6. The van der Waals surface area contributed by atoms with Gasteiger partial charge in [0.15, 0.2) is 6.10 Å². The SMILES string of the molecule is CNC(=O)NC(=O)[C@H](C)OC(=O)[C@H]1CS[C@@]2(C)CCC(=O)N12. The van der Waals surface area contributed by atoms with Crippen LogP contribution < -0.4 is 10.6 Å². The number of esters is 1. The van der Waals surface area contributed by atoms with Gasteiger partial charge in [-0.2, -0.15) is 0 Å². The molecular formula is C13H19N3O5S. The largest absolute Gasteiger partial charge is 0.451 e. The van der Waals surface area contributed by atoms with E-state index in [1.54, 1.807) is 16.7 Å². The number of amides is 4. The van der Waals surface area contributed by atoms with Gasteiger partial charge in [0.05, 0.1) is 4.87 Å². The smallest absolute Gasteiger partial charge is 0.330 e. The maximum Gasteiger partial charge on any atom is 0.330 e. The van der Waals surface area contributed by atoms with Crippen molar-refractivity contribution in [2.45, 2.75) is 43.7 Å². The van der Waals surface area contributed by atoms with Crippen LogP contribution in [-0.4, -0.2) is 58.5 Å². The van der Waals surface area contributed by atoms with Crippen LogP contribution in [-0.2, 0) is 19.1 Å². The molecule has 122 valence electrons. The van der Waals surface area contributed by atoms with Crippen molar-refractivity contribution >= 4 is 35.6 Å². The molecule has 0 unspecified atom stereocenters. The summed E-state index contributed by atoms with van der Waals surface area (Å²) in [7, 11) is 1.37. The lowest BCUT2D eigenvalue weighted by Gasteiger charge is -2.29. The van der Waals surface area contributed by atoms with Crippen molar-refractivity contribution in [1.29, 1.82) is 0 Å². The van der Waals surface area contributed by atoms with Crippen LogP contribution >= 0.6 is 11.8 Å². The van der Waals surface area contributed by atoms with Crippen LogP contribution in [0.5, 0.6) is 0 Å². The van der Waals surface area contributed by atoms with E-state index in [1.807, 2.05) is 12.2 Å². The van der Waals surface area contributed by atoms with Crippen molar-refractivity contribution < 1.29 is 23.9 Å². The third-order valence-electron chi connectivity index (χ3n) is 3.84. The molecule has 0 aromatic heterocycles. The monoisotopic (exact) mass is 329 g/mol. The molecule has 8 nitrogen and oxygen atoms in total. The highest BCUT2D eigenvalue weighted by molar-refractivity contribution is 8.01. The summed E-state index contributed by atoms with van der Waals surface area (Å²) < 4.78 is 5.10. The van der Waals surface area contributed by atoms with Gasteiger partial charge in [-0.05, 0) is 20.3 Å². The zero-order chi connectivity index (χ0) is 16.5. The Bertz CT molecular complexity index is 526. The minimum Gasteiger partial charge on any atom is -0.451 e. The van der Waals surface area contributed by atoms with Crippen molar-refractivity contribution in [2.75, 3.05) is 12.8 Å². The highest BCUT2D eigenvalue weighted by Gasteiger charge is 2.53. The lowest BCUT2D eigenvalue weighted by atomic mass is 10.2. The van der Waals surface area contributed by atoms with E-state index in [2.05, 4.69) is 5.32 Å². The van der Waals surface area contributed by atoms with E-state index in [-0.39, 0.29) is 10.8 Å². The van der Waals surface area contributed by atoms with Crippen molar-refractivity contribution in [3.05, 3.63) is 0 Å². The zero-order valence-electron chi connectivity index (χ0n) is 12.7. The maximum atomic E-state index is 12.2. The lowest BCUT2D eigenvalue weighted by molar-refractivity contribution is -0.161. The lowest BCUT2D eigenvalue weighted by Crippen LogP contribution is -2.49. The van der Waals surface area contributed by atoms with Gasteiger partial charge in [-0.3, -0.25) is 14.9 Å². The van der Waals surface area contributed by atoms with Gasteiger partial charge in [-0.1, -0.05) is 0 Å². The quantitative estimate of drug-likeness (QED) is 0.697. The van der Waals surface area contributed by atoms with Gasteiger partial charge >= 0.3 is 12.0 Å². The van der Waals surface area contributed by atoms with E-state index in [4.69, 9.17) is 4.74 Å². The first-order chi connectivity index (χ1) is 10.3. The Labute approximate surface area is 132 Å². The van der Waals surface area contributed by atoms with Gasteiger partial charge in [0.25, 0.3) is 5.91 Å². The van der Waals surface area contributed by atoms with E-state index in [0.717, 1.165) is 0 Å². The van der Waals surface area contributed by atoms with Crippen molar-refractivity contribution in [2.24, 2.45) is 0 Å². The molecule has 9 heteroatoms. The van der Waals surface area contributed by atoms with Gasteiger partial charge in [0, 0.05) is 19.2 Å². The number of rotatable bonds is 3. The third kappa shape index (κ3) is 3.03. The number of nitrogens with one attached hydrogen (secondary N) is 2. The Morgan fingerprint density at radius 2 is 2.14 bits per heavy atom. The predicted molar refractivity (Wildman–Crippen MR) is 78.9 cm³/mol. The number of nitrogens with zero attached hydrogens (tertiary/aromatic N) is 1. The molecule has 0 bridgehead atoms. The molecule has 0 radical (unpaired) electrons. The highest BCUT2D eigenvalue weighted by Crippen LogP contribution is 2.47. The molecular weight excluding hydrogens is 310 g/mol. The first-order valence-electron chi connectivity index (χ1n) is 6.97. The Balaban J connectivity index is 1.96. The van der Waals surface area contributed by atoms with Crippen molar-refractivity contribution in [1.82, 2.24) is 15.5 Å². The number of carbonyl (C=O) groups is 4. The summed E-state index contributed by atoms with van der Waals surface area (Å²) in [6, 6.07) is -1.35. The normalized spacial score (nSPS) is 28.0. The average molecular weight is 329 g/mol. The molecule has 2 rings (SSSR count). The third-order valence-corrected chi connectivity index (χ3v) is 5.35. The molecule has 0 spiro atoms. The van der Waals surface area contributed by atoms with Crippen LogP contribution in [0.15, 0.2) is 0 Å². The number of urea groups is 1. The van der Waals surface area contributed by atoms with Crippen LogP contribution in [0.4, 0.5) is 4.79 Å². The number of thioether (sulfide) groups is 1. The summed E-state index contributed by atoms with van der Waals surface area (Å²) in [5.41, 5.74) is 0. The Morgan fingerprint density at radius 1 is 1.45 bits per heavy atom. The fourth-order valence-electron chi connectivity index (χ4n) is 2.58. The second kappa shape index (κ2) is 6.15. The van der Waals surface area contributed by atoms with Crippen LogP contribution in [0, 0.1) is 0 Å². The maximum absolute atomic E-state index is 12.2. The summed E-state index contributed by atoms with van der Waals surface area (Å²) in [6.45, 7) is 3.31. The number of hydrogen-bond acceptors (Lipinski definition) is 6. The summed E-state index contributed by atoms with van der Waals surface area (Å²) in [5, 5.41) is 4.27. The topological polar surface area (TPSA) is 105 Å². The average Bonchev–Trinajstić information content (AvgIpc) is 2.95. The van der Waals surface area contributed by atoms with E-state index in [1.165, 1.54) is 14.0 Å². The molecule has 2 aliphatic rings. The van der Waals surface area contributed by atoms with Crippen molar-refractivity contribution in [3.8, 4) is 0 Å². The van der Waals surface area contributed by atoms with Crippen molar-refractivity contribution in [3.63, 3.8) is 0 Å². The molecule has 2 fully saturated rings.